The number of hydrogen-bond donors (Lipinski definition) is 1. The van der Waals surface area contributed by atoms with E-state index >= 15 is 0 Å². The first-order chi connectivity index (χ1) is 19.7. The maximum atomic E-state index is 14.0. The van der Waals surface area contributed by atoms with Gasteiger partial charge in [0.25, 0.3) is 5.97 Å². The first-order valence-corrected chi connectivity index (χ1v) is 14.1. The van der Waals surface area contributed by atoms with E-state index in [-0.39, 0.29) is 41.8 Å². The number of phenols is 1. The molecule has 2 saturated heterocycles. The number of benzene rings is 1. The van der Waals surface area contributed by atoms with Gasteiger partial charge in [-0.25, -0.2) is 4.79 Å². The zero-order valence-corrected chi connectivity index (χ0v) is 24.6. The average Bonchev–Trinajstić information content (AvgIpc) is 3.22. The minimum atomic E-state index is -1.60. The van der Waals surface area contributed by atoms with Crippen LogP contribution in [0.1, 0.15) is 57.8 Å². The molecular weight excluding hydrogens is 544 g/mol. The zero-order valence-electron chi connectivity index (χ0n) is 24.6. The highest BCUT2D eigenvalue weighted by Crippen LogP contribution is 2.68. The van der Waals surface area contributed by atoms with Crippen LogP contribution in [0.4, 0.5) is 0 Å². The maximum Gasteiger partial charge on any atom is 0.338 e. The van der Waals surface area contributed by atoms with E-state index in [2.05, 4.69) is 13.5 Å². The van der Waals surface area contributed by atoms with Crippen molar-refractivity contribution in [2.24, 2.45) is 17.8 Å². The lowest BCUT2D eigenvalue weighted by Gasteiger charge is -2.59. The Hall–Kier alpha value is -3.47. The number of ketones is 1. The monoisotopic (exact) mass is 580 g/mol. The molecule has 6 rings (SSSR count). The summed E-state index contributed by atoms with van der Waals surface area (Å²) in [7, 11) is 1.38. The SMILES string of the molecule is C=C(C)[C@]12C[C@@H](C)[C@@]34OC(C)(O[C@@H]1[C@@H]3C=C(COC(=O)c1ccc(O)c(OC)c1)C[C@]1(OC(C)=O)C(=O)C(C)=C[C@@H]41)O2. The summed E-state index contributed by atoms with van der Waals surface area (Å²) in [5.41, 5.74) is -1.45. The highest BCUT2D eigenvalue weighted by atomic mass is 16.9. The van der Waals surface area contributed by atoms with E-state index in [0.717, 1.165) is 5.57 Å². The summed E-state index contributed by atoms with van der Waals surface area (Å²) in [4.78, 5) is 39.7. The molecular formula is C32H36O10. The molecule has 1 N–H and O–H groups in total. The van der Waals surface area contributed by atoms with Gasteiger partial charge in [0.15, 0.2) is 17.1 Å². The third kappa shape index (κ3) is 3.77. The number of Topliss-reactive ketones (excluding diaryl/α,β-unsaturated/α-hetero) is 1. The van der Waals surface area contributed by atoms with E-state index in [4.69, 9.17) is 28.4 Å². The van der Waals surface area contributed by atoms with Crippen LogP contribution in [0.25, 0.3) is 0 Å². The second-order valence-electron chi connectivity index (χ2n) is 12.4. The molecule has 10 nitrogen and oxygen atoms in total. The summed E-state index contributed by atoms with van der Waals surface area (Å²) in [6, 6.07) is 4.16. The third-order valence-corrected chi connectivity index (χ3v) is 9.66. The van der Waals surface area contributed by atoms with Crippen molar-refractivity contribution >= 4 is 17.7 Å². The van der Waals surface area contributed by atoms with E-state index < -0.39 is 52.7 Å². The predicted molar refractivity (Wildman–Crippen MR) is 147 cm³/mol. The predicted octanol–water partition coefficient (Wildman–Crippen LogP) is 4.16. The minimum Gasteiger partial charge on any atom is -0.504 e. The molecule has 0 spiro atoms. The Balaban J connectivity index is 1.46. The molecule has 5 aliphatic rings. The molecule has 3 fully saturated rings. The second-order valence-corrected chi connectivity index (χ2v) is 12.4. The molecule has 42 heavy (non-hydrogen) atoms. The number of esters is 2. The van der Waals surface area contributed by atoms with Crippen LogP contribution < -0.4 is 4.74 Å². The first-order valence-electron chi connectivity index (χ1n) is 14.1. The summed E-state index contributed by atoms with van der Waals surface area (Å²) < 4.78 is 36.7. The summed E-state index contributed by atoms with van der Waals surface area (Å²) in [5, 5.41) is 9.92. The van der Waals surface area contributed by atoms with Crippen molar-refractivity contribution in [1.29, 1.82) is 0 Å². The van der Waals surface area contributed by atoms with E-state index in [0.29, 0.717) is 17.6 Å². The smallest absolute Gasteiger partial charge is 0.338 e. The molecule has 8 atom stereocenters. The van der Waals surface area contributed by atoms with Gasteiger partial charge >= 0.3 is 11.9 Å². The lowest BCUT2D eigenvalue weighted by Crippen LogP contribution is -2.70. The molecule has 0 aromatic heterocycles. The van der Waals surface area contributed by atoms with Gasteiger partial charge in [-0.2, -0.15) is 0 Å². The summed E-state index contributed by atoms with van der Waals surface area (Å²) in [6.45, 7) is 12.8. The molecule has 0 amide bonds. The average molecular weight is 581 g/mol. The van der Waals surface area contributed by atoms with Crippen LogP contribution >= 0.6 is 0 Å². The Morgan fingerprint density at radius 2 is 1.93 bits per heavy atom. The highest BCUT2D eigenvalue weighted by molar-refractivity contribution is 6.06. The van der Waals surface area contributed by atoms with Crippen molar-refractivity contribution in [3.05, 3.63) is 59.2 Å². The highest BCUT2D eigenvalue weighted by Gasteiger charge is 2.79. The van der Waals surface area contributed by atoms with E-state index in [1.165, 1.54) is 32.2 Å². The van der Waals surface area contributed by atoms with Gasteiger partial charge in [-0.3, -0.25) is 9.59 Å². The third-order valence-electron chi connectivity index (χ3n) is 9.66. The van der Waals surface area contributed by atoms with Gasteiger partial charge in [0.2, 0.25) is 5.78 Å². The molecule has 10 heteroatoms. The number of carbonyl (C=O) groups excluding carboxylic acids is 3. The minimum absolute atomic E-state index is 0.00872. The quantitative estimate of drug-likeness (QED) is 0.387. The van der Waals surface area contributed by atoms with E-state index in [1.54, 1.807) is 13.8 Å². The Morgan fingerprint density at radius 3 is 2.60 bits per heavy atom. The van der Waals surface area contributed by atoms with Gasteiger partial charge in [0.05, 0.1) is 24.2 Å². The fourth-order valence-electron chi connectivity index (χ4n) is 8.09. The molecule has 224 valence electrons. The van der Waals surface area contributed by atoms with E-state index in [9.17, 15) is 19.5 Å². The molecule has 2 heterocycles. The van der Waals surface area contributed by atoms with Gasteiger partial charge in [-0.1, -0.05) is 25.7 Å². The lowest BCUT2D eigenvalue weighted by atomic mass is 9.54. The van der Waals surface area contributed by atoms with Crippen LogP contribution in [0, 0.1) is 17.8 Å². The van der Waals surface area contributed by atoms with Gasteiger partial charge in [0.1, 0.15) is 18.3 Å². The molecule has 1 aromatic rings. The number of carbonyl (C=O) groups is 3. The molecule has 3 bridgehead atoms. The van der Waals surface area contributed by atoms with Crippen molar-refractivity contribution in [2.45, 2.75) is 76.3 Å². The summed E-state index contributed by atoms with van der Waals surface area (Å²) >= 11 is 0. The molecule has 3 aliphatic carbocycles. The Bertz CT molecular complexity index is 1480. The van der Waals surface area contributed by atoms with Crippen LogP contribution in [0.2, 0.25) is 0 Å². The Labute approximate surface area is 244 Å². The van der Waals surface area contributed by atoms with E-state index in [1.807, 2.05) is 19.1 Å². The van der Waals surface area contributed by atoms with Crippen LogP contribution in [-0.2, 0) is 33.3 Å². The lowest BCUT2D eigenvalue weighted by molar-refractivity contribution is -0.413. The summed E-state index contributed by atoms with van der Waals surface area (Å²) in [6.07, 6.45) is 3.86. The number of fused-ring (bicyclic) bond motifs is 2. The van der Waals surface area contributed by atoms with Crippen LogP contribution in [-0.4, -0.2) is 65.4 Å². The van der Waals surface area contributed by atoms with Crippen molar-refractivity contribution < 1.29 is 47.9 Å². The molecule has 2 aliphatic heterocycles. The van der Waals surface area contributed by atoms with Crippen molar-refractivity contribution in [1.82, 2.24) is 0 Å². The number of aromatic hydroxyl groups is 1. The second kappa shape index (κ2) is 9.26. The fraction of sp³-hybridized carbons (Fsp3) is 0.531. The normalized spacial score (nSPS) is 39.4. The fourth-order valence-corrected chi connectivity index (χ4v) is 8.09. The Morgan fingerprint density at radius 1 is 1.19 bits per heavy atom. The van der Waals surface area contributed by atoms with Crippen LogP contribution in [0.3, 0.4) is 0 Å². The van der Waals surface area contributed by atoms with Crippen molar-refractivity contribution in [3.8, 4) is 11.5 Å². The summed E-state index contributed by atoms with van der Waals surface area (Å²) in [5.74, 6) is -4.21. The number of ether oxygens (including phenoxy) is 6. The number of phenolic OH excluding ortho intramolecular Hbond substituents is 1. The van der Waals surface area contributed by atoms with Gasteiger partial charge < -0.3 is 33.5 Å². The van der Waals surface area contributed by atoms with Crippen molar-refractivity contribution in [2.75, 3.05) is 13.7 Å². The van der Waals surface area contributed by atoms with Crippen molar-refractivity contribution in [3.63, 3.8) is 0 Å². The Kier molecular flexibility index (Phi) is 6.32. The number of hydrogen-bond acceptors (Lipinski definition) is 10. The first kappa shape index (κ1) is 28.6. The number of methoxy groups -OCH3 is 1. The molecule has 1 saturated carbocycles. The molecule has 1 unspecified atom stereocenters. The van der Waals surface area contributed by atoms with Crippen LogP contribution in [0.5, 0.6) is 11.5 Å². The standard InChI is InChI=1S/C32H36O10/c1-16(2)30-13-18(4)32-22(27(30)40-29(6,41-30)42-32)11-20(14-31(39-19(5)33)25(32)10-17(3)26(31)35)15-38-28(36)21-8-9-23(34)24(12-21)37-7/h8-12,18,22,25,27,34H,1,13-15H2,2-7H3/t18-,22+,25-,27-,29?,30-,31-,32-/m1/s1. The van der Waals surface area contributed by atoms with Gasteiger partial charge in [-0.05, 0) is 61.1 Å². The number of rotatable bonds is 6. The molecule has 1 aromatic carbocycles. The van der Waals surface area contributed by atoms with Crippen LogP contribution in [0.15, 0.2) is 53.6 Å². The van der Waals surface area contributed by atoms with Gasteiger partial charge in [-0.15, -0.1) is 0 Å². The zero-order chi connectivity index (χ0) is 30.4. The largest absolute Gasteiger partial charge is 0.504 e. The molecule has 0 radical (unpaired) electrons. The van der Waals surface area contributed by atoms with Gasteiger partial charge in [0, 0.05) is 26.2 Å². The topological polar surface area (TPSA) is 127 Å². The maximum absolute atomic E-state index is 14.0.